The summed E-state index contributed by atoms with van der Waals surface area (Å²) in [6.45, 7) is 18.5. The Hall–Kier alpha value is -3.14. The number of amides is 1. The van der Waals surface area contributed by atoms with Crippen molar-refractivity contribution in [1.29, 1.82) is 0 Å². The molecule has 1 aliphatic heterocycles. The summed E-state index contributed by atoms with van der Waals surface area (Å²) in [6, 6.07) is 8.10. The molecule has 1 aromatic rings. The Labute approximate surface area is 175 Å². The second kappa shape index (κ2) is 11.6. The molecule has 1 heterocycles. The molecule has 0 saturated carbocycles. The summed E-state index contributed by atoms with van der Waals surface area (Å²) in [5.41, 5.74) is 6.17. The maximum atomic E-state index is 12.9. The standard InChI is InChI=1S/C23H27N3O.C2H6/c1-16(2)22(23(27)25-15-20-9-7-8-17(3)12-20)26-11-10-21(13-19(26)5)18(4)14-24-6;1-2/h7-14H,4-5,15H2,1-3,6H3,(H,25,27);1-2H3. The maximum Gasteiger partial charge on any atom is 0.268 e. The Balaban J connectivity index is 0.00000204. The van der Waals surface area contributed by atoms with Gasteiger partial charge in [0, 0.05) is 31.7 Å². The number of hydrogen-bond donors (Lipinski definition) is 1. The van der Waals surface area contributed by atoms with Gasteiger partial charge < -0.3 is 10.2 Å². The van der Waals surface area contributed by atoms with E-state index in [0.29, 0.717) is 17.9 Å². The monoisotopic (exact) mass is 391 g/mol. The largest absolute Gasteiger partial charge is 0.347 e. The molecule has 29 heavy (non-hydrogen) atoms. The van der Waals surface area contributed by atoms with E-state index in [2.05, 4.69) is 29.5 Å². The van der Waals surface area contributed by atoms with Gasteiger partial charge in [-0.2, -0.15) is 0 Å². The van der Waals surface area contributed by atoms with E-state index in [-0.39, 0.29) is 5.91 Å². The van der Waals surface area contributed by atoms with Crippen LogP contribution in [0.5, 0.6) is 0 Å². The molecular weight excluding hydrogens is 358 g/mol. The molecule has 0 fully saturated rings. The van der Waals surface area contributed by atoms with Gasteiger partial charge in [-0.15, -0.1) is 0 Å². The molecule has 4 heteroatoms. The van der Waals surface area contributed by atoms with E-state index in [1.165, 1.54) is 5.56 Å². The van der Waals surface area contributed by atoms with Gasteiger partial charge in [-0.3, -0.25) is 9.79 Å². The SMILES string of the molecule is C=C(C=NC)C1=CC(=C)N(C(C(=O)NCc2cccc(C)c2)=C(C)C)C=C1.CC. The lowest BCUT2D eigenvalue weighted by atomic mass is 10.0. The molecule has 0 unspecified atom stereocenters. The van der Waals surface area contributed by atoms with Gasteiger partial charge in [0.05, 0.1) is 0 Å². The minimum absolute atomic E-state index is 0.131. The highest BCUT2D eigenvalue weighted by Gasteiger charge is 2.21. The summed E-state index contributed by atoms with van der Waals surface area (Å²) >= 11 is 0. The van der Waals surface area contributed by atoms with Crippen LogP contribution < -0.4 is 5.32 Å². The molecule has 0 aromatic heterocycles. The van der Waals surface area contributed by atoms with Crippen LogP contribution >= 0.6 is 0 Å². The van der Waals surface area contributed by atoms with Crippen LogP contribution in [0, 0.1) is 6.92 Å². The first-order chi connectivity index (χ1) is 13.8. The highest BCUT2D eigenvalue weighted by Crippen LogP contribution is 2.25. The molecule has 0 saturated heterocycles. The fraction of sp³-hybridized carbons (Fsp3) is 0.280. The number of aliphatic imine (C=N–C) groups is 1. The fourth-order valence-electron chi connectivity index (χ4n) is 2.86. The molecule has 1 amide bonds. The van der Waals surface area contributed by atoms with Gasteiger partial charge in [0.25, 0.3) is 5.91 Å². The number of hydrogen-bond acceptors (Lipinski definition) is 3. The Morgan fingerprint density at radius 3 is 2.52 bits per heavy atom. The molecule has 1 aromatic carbocycles. The van der Waals surface area contributed by atoms with Crippen molar-refractivity contribution in [3.8, 4) is 0 Å². The quantitative estimate of drug-likeness (QED) is 0.517. The third-order valence-corrected chi connectivity index (χ3v) is 4.16. The predicted molar refractivity (Wildman–Crippen MR) is 125 cm³/mol. The van der Waals surface area contributed by atoms with E-state index < -0.39 is 0 Å². The van der Waals surface area contributed by atoms with Crippen LogP contribution in [0.25, 0.3) is 0 Å². The lowest BCUT2D eigenvalue weighted by molar-refractivity contribution is -0.118. The second-order valence-electron chi connectivity index (χ2n) is 6.71. The number of nitrogens with zero attached hydrogens (tertiary/aromatic N) is 2. The molecule has 0 bridgehead atoms. The average molecular weight is 392 g/mol. The van der Waals surface area contributed by atoms with Crippen LogP contribution in [0.4, 0.5) is 0 Å². The summed E-state index contributed by atoms with van der Waals surface area (Å²) in [5, 5.41) is 3.01. The van der Waals surface area contributed by atoms with Crippen molar-refractivity contribution in [2.45, 2.75) is 41.2 Å². The van der Waals surface area contributed by atoms with Crippen molar-refractivity contribution in [3.63, 3.8) is 0 Å². The molecule has 0 aliphatic carbocycles. The van der Waals surface area contributed by atoms with Crippen molar-refractivity contribution in [2.75, 3.05) is 7.05 Å². The first kappa shape index (κ1) is 23.9. The summed E-state index contributed by atoms with van der Waals surface area (Å²) in [4.78, 5) is 18.7. The molecule has 1 aliphatic rings. The number of aryl methyl sites for hydroxylation is 1. The van der Waals surface area contributed by atoms with Gasteiger partial charge in [0.2, 0.25) is 0 Å². The number of carbonyl (C=O) groups is 1. The van der Waals surface area contributed by atoms with Crippen molar-refractivity contribution in [1.82, 2.24) is 10.2 Å². The first-order valence-electron chi connectivity index (χ1n) is 9.84. The Morgan fingerprint density at radius 1 is 1.28 bits per heavy atom. The summed E-state index contributed by atoms with van der Waals surface area (Å²) < 4.78 is 0. The lowest BCUT2D eigenvalue weighted by Crippen LogP contribution is -2.33. The number of allylic oxidation sites excluding steroid dienone is 5. The molecule has 0 spiro atoms. The van der Waals surface area contributed by atoms with Crippen LogP contribution in [0.2, 0.25) is 0 Å². The fourth-order valence-corrected chi connectivity index (χ4v) is 2.86. The topological polar surface area (TPSA) is 44.7 Å². The molecule has 0 radical (unpaired) electrons. The van der Waals surface area contributed by atoms with Crippen LogP contribution in [0.3, 0.4) is 0 Å². The highest BCUT2D eigenvalue weighted by molar-refractivity contribution is 5.94. The predicted octanol–water partition coefficient (Wildman–Crippen LogP) is 5.46. The van der Waals surface area contributed by atoms with Crippen LogP contribution in [-0.4, -0.2) is 24.1 Å². The van der Waals surface area contributed by atoms with Gasteiger partial charge in [0.15, 0.2) is 0 Å². The van der Waals surface area contributed by atoms with Crippen molar-refractivity contribution in [2.24, 2.45) is 4.99 Å². The molecule has 1 N–H and O–H groups in total. The minimum Gasteiger partial charge on any atom is -0.347 e. The Morgan fingerprint density at radius 2 is 1.97 bits per heavy atom. The normalized spacial score (nSPS) is 12.8. The van der Waals surface area contributed by atoms with Gasteiger partial charge in [-0.25, -0.2) is 0 Å². The third kappa shape index (κ3) is 6.75. The van der Waals surface area contributed by atoms with Crippen molar-refractivity contribution in [3.05, 3.63) is 95.0 Å². The van der Waals surface area contributed by atoms with Crippen LogP contribution in [-0.2, 0) is 11.3 Å². The van der Waals surface area contributed by atoms with E-state index in [9.17, 15) is 4.79 Å². The minimum atomic E-state index is -0.131. The van der Waals surface area contributed by atoms with Crippen molar-refractivity contribution < 1.29 is 4.79 Å². The van der Waals surface area contributed by atoms with Gasteiger partial charge in [-0.05, 0) is 55.2 Å². The van der Waals surface area contributed by atoms with Gasteiger partial charge >= 0.3 is 0 Å². The summed E-state index contributed by atoms with van der Waals surface area (Å²) in [7, 11) is 1.71. The molecule has 4 nitrogen and oxygen atoms in total. The Bertz CT molecular complexity index is 881. The van der Waals surface area contributed by atoms with E-state index in [4.69, 9.17) is 0 Å². The third-order valence-electron chi connectivity index (χ3n) is 4.16. The zero-order chi connectivity index (χ0) is 22.0. The second-order valence-corrected chi connectivity index (χ2v) is 6.71. The number of benzene rings is 1. The number of nitrogens with one attached hydrogen (secondary N) is 1. The van der Waals surface area contributed by atoms with Gasteiger partial charge in [-0.1, -0.05) is 56.8 Å². The number of rotatable bonds is 6. The van der Waals surface area contributed by atoms with E-state index in [0.717, 1.165) is 22.3 Å². The highest BCUT2D eigenvalue weighted by atomic mass is 16.2. The first-order valence-corrected chi connectivity index (χ1v) is 9.84. The average Bonchev–Trinajstić information content (AvgIpc) is 2.69. The molecule has 154 valence electrons. The maximum absolute atomic E-state index is 12.9. The van der Waals surface area contributed by atoms with Gasteiger partial charge in [0.1, 0.15) is 5.70 Å². The summed E-state index contributed by atoms with van der Waals surface area (Å²) in [6.07, 6.45) is 7.37. The van der Waals surface area contributed by atoms with Crippen LogP contribution in [0.15, 0.2) is 88.9 Å². The molecule has 0 atom stereocenters. The molecular formula is C25H33N3O. The van der Waals surface area contributed by atoms with E-state index in [1.54, 1.807) is 18.2 Å². The zero-order valence-corrected chi connectivity index (χ0v) is 18.5. The van der Waals surface area contributed by atoms with E-state index >= 15 is 0 Å². The van der Waals surface area contributed by atoms with E-state index in [1.807, 2.05) is 71.2 Å². The Kier molecular flexibility index (Phi) is 9.60. The lowest BCUT2D eigenvalue weighted by Gasteiger charge is -2.28. The molecule has 2 rings (SSSR count). The van der Waals surface area contributed by atoms with Crippen LogP contribution in [0.1, 0.15) is 38.8 Å². The van der Waals surface area contributed by atoms with Crippen molar-refractivity contribution >= 4 is 12.1 Å². The zero-order valence-electron chi connectivity index (χ0n) is 18.5. The smallest absolute Gasteiger partial charge is 0.268 e. The summed E-state index contributed by atoms with van der Waals surface area (Å²) in [5.74, 6) is -0.131. The number of carbonyl (C=O) groups excluding carboxylic acids is 1.